The predicted octanol–water partition coefficient (Wildman–Crippen LogP) is 4.00. The van der Waals surface area contributed by atoms with E-state index < -0.39 is 0 Å². The van der Waals surface area contributed by atoms with Crippen molar-refractivity contribution in [3.05, 3.63) is 46.4 Å². The summed E-state index contributed by atoms with van der Waals surface area (Å²) in [5.74, 6) is 0.880. The van der Waals surface area contributed by atoms with Gasteiger partial charge in [0.05, 0.1) is 11.8 Å². The number of hydrogen-bond donors (Lipinski definition) is 0. The normalized spacial score (nSPS) is 20.3. The number of hydrogen-bond acceptors (Lipinski definition) is 2. The Balaban J connectivity index is 2.49. The van der Waals surface area contributed by atoms with Crippen LogP contribution in [0.5, 0.6) is 0 Å². The highest BCUT2D eigenvalue weighted by atomic mass is 16.3. The van der Waals surface area contributed by atoms with Crippen molar-refractivity contribution in [3.8, 4) is 0 Å². The molecule has 0 aliphatic heterocycles. The zero-order valence-corrected chi connectivity index (χ0v) is 10.7. The molecule has 2 heteroatoms. The molecule has 1 aliphatic carbocycles. The molecule has 0 fully saturated rings. The summed E-state index contributed by atoms with van der Waals surface area (Å²) in [5.41, 5.74) is 4.08. The Kier molecular flexibility index (Phi) is 3.32. The molecule has 0 radical (unpaired) electrons. The predicted molar refractivity (Wildman–Crippen MR) is 68.2 cm³/mol. The topological polar surface area (TPSA) is 30.2 Å². The number of ketones is 1. The van der Waals surface area contributed by atoms with E-state index in [9.17, 15) is 4.79 Å². The fourth-order valence-corrected chi connectivity index (χ4v) is 2.20. The standard InChI is InChI=1S/C15H18O2/c1-10-5-4-6-11(2)8-14-15(13(16)7-10)12(3)9-17-14/h6-7,9H,4-5,8H2,1-3H3/b10-7?,11-6+. The monoisotopic (exact) mass is 230 g/mol. The van der Waals surface area contributed by atoms with Crippen LogP contribution >= 0.6 is 0 Å². The van der Waals surface area contributed by atoms with Crippen LogP contribution in [0.25, 0.3) is 0 Å². The zero-order valence-electron chi connectivity index (χ0n) is 10.7. The molecule has 0 saturated heterocycles. The van der Waals surface area contributed by atoms with Gasteiger partial charge in [0, 0.05) is 6.42 Å². The van der Waals surface area contributed by atoms with Gasteiger partial charge in [-0.05, 0) is 45.3 Å². The highest BCUT2D eigenvalue weighted by molar-refractivity contribution is 6.06. The molecule has 1 aliphatic rings. The molecule has 0 N–H and O–H groups in total. The zero-order chi connectivity index (χ0) is 12.4. The Hall–Kier alpha value is -1.57. The van der Waals surface area contributed by atoms with Crippen molar-refractivity contribution in [1.82, 2.24) is 0 Å². The number of rotatable bonds is 0. The van der Waals surface area contributed by atoms with Crippen LogP contribution in [-0.4, -0.2) is 5.78 Å². The third-order valence-electron chi connectivity index (χ3n) is 3.15. The smallest absolute Gasteiger partial charge is 0.189 e. The van der Waals surface area contributed by atoms with Crippen LogP contribution in [0.1, 0.15) is 48.4 Å². The lowest BCUT2D eigenvalue weighted by atomic mass is 9.98. The van der Waals surface area contributed by atoms with Crippen LogP contribution in [0.3, 0.4) is 0 Å². The van der Waals surface area contributed by atoms with E-state index >= 15 is 0 Å². The van der Waals surface area contributed by atoms with Gasteiger partial charge in [-0.1, -0.05) is 17.2 Å². The highest BCUT2D eigenvalue weighted by Crippen LogP contribution is 2.23. The number of allylic oxidation sites excluding steroid dienone is 4. The van der Waals surface area contributed by atoms with Gasteiger partial charge in [-0.25, -0.2) is 0 Å². The van der Waals surface area contributed by atoms with Crippen molar-refractivity contribution in [1.29, 1.82) is 0 Å². The molecule has 1 aromatic heterocycles. The maximum Gasteiger partial charge on any atom is 0.189 e. The van der Waals surface area contributed by atoms with Crippen LogP contribution < -0.4 is 0 Å². The molecule has 2 nitrogen and oxygen atoms in total. The first kappa shape index (κ1) is 11.9. The average molecular weight is 230 g/mol. The van der Waals surface area contributed by atoms with Gasteiger partial charge in [-0.2, -0.15) is 0 Å². The lowest BCUT2D eigenvalue weighted by Crippen LogP contribution is -2.02. The fraction of sp³-hybridized carbons (Fsp3) is 0.400. The van der Waals surface area contributed by atoms with Crippen LogP contribution in [-0.2, 0) is 6.42 Å². The van der Waals surface area contributed by atoms with Crippen LogP contribution in [0.4, 0.5) is 0 Å². The van der Waals surface area contributed by atoms with Crippen LogP contribution in [0, 0.1) is 6.92 Å². The van der Waals surface area contributed by atoms with Gasteiger partial charge in [0.2, 0.25) is 0 Å². The van der Waals surface area contributed by atoms with E-state index in [-0.39, 0.29) is 5.78 Å². The minimum absolute atomic E-state index is 0.0819. The maximum absolute atomic E-state index is 12.2. The molecular weight excluding hydrogens is 212 g/mol. The summed E-state index contributed by atoms with van der Waals surface area (Å²) in [7, 11) is 0. The number of carbonyl (C=O) groups is 1. The van der Waals surface area contributed by atoms with Gasteiger partial charge in [0.15, 0.2) is 5.78 Å². The van der Waals surface area contributed by atoms with E-state index in [0.29, 0.717) is 0 Å². The second-order valence-corrected chi connectivity index (χ2v) is 4.84. The number of fused-ring (bicyclic) bond motifs is 1. The Labute approximate surface area is 102 Å². The lowest BCUT2D eigenvalue weighted by molar-refractivity contribution is 0.104. The SMILES string of the molecule is CC1=CC(=O)c2c(C)coc2C/C(C)=C/CC1. The van der Waals surface area contributed by atoms with Crippen molar-refractivity contribution in [3.63, 3.8) is 0 Å². The molecule has 17 heavy (non-hydrogen) atoms. The lowest BCUT2D eigenvalue weighted by Gasteiger charge is -2.06. The van der Waals surface area contributed by atoms with Gasteiger partial charge in [-0.3, -0.25) is 4.79 Å². The van der Waals surface area contributed by atoms with E-state index in [0.717, 1.165) is 41.7 Å². The molecule has 0 unspecified atom stereocenters. The molecular formula is C15H18O2. The molecule has 0 aromatic carbocycles. The summed E-state index contributed by atoms with van der Waals surface area (Å²) in [6, 6.07) is 0. The second kappa shape index (κ2) is 4.74. The van der Waals surface area contributed by atoms with Crippen molar-refractivity contribution >= 4 is 5.78 Å². The third-order valence-corrected chi connectivity index (χ3v) is 3.15. The number of aryl methyl sites for hydroxylation is 1. The van der Waals surface area contributed by atoms with Crippen LogP contribution in [0.15, 0.2) is 34.0 Å². The second-order valence-electron chi connectivity index (χ2n) is 4.84. The first-order chi connectivity index (χ1) is 8.08. The maximum atomic E-state index is 12.2. The molecule has 0 amide bonds. The van der Waals surface area contributed by atoms with Gasteiger partial charge < -0.3 is 4.42 Å². The Morgan fingerprint density at radius 2 is 1.94 bits per heavy atom. The third kappa shape index (κ3) is 2.57. The summed E-state index contributed by atoms with van der Waals surface area (Å²) in [6.07, 6.45) is 8.34. The van der Waals surface area contributed by atoms with Crippen molar-refractivity contribution in [2.75, 3.05) is 0 Å². The molecule has 0 spiro atoms. The molecule has 0 bridgehead atoms. The first-order valence-corrected chi connectivity index (χ1v) is 6.02. The largest absolute Gasteiger partial charge is 0.468 e. The van der Waals surface area contributed by atoms with Crippen molar-refractivity contribution in [2.24, 2.45) is 0 Å². The van der Waals surface area contributed by atoms with Gasteiger partial charge in [-0.15, -0.1) is 0 Å². The fourth-order valence-electron chi connectivity index (χ4n) is 2.20. The minimum atomic E-state index is 0.0819. The first-order valence-electron chi connectivity index (χ1n) is 6.02. The number of furan rings is 1. The highest BCUT2D eigenvalue weighted by Gasteiger charge is 2.17. The van der Waals surface area contributed by atoms with E-state index in [1.54, 1.807) is 12.3 Å². The summed E-state index contributed by atoms with van der Waals surface area (Å²) < 4.78 is 5.50. The van der Waals surface area contributed by atoms with Gasteiger partial charge in [0.1, 0.15) is 5.76 Å². The minimum Gasteiger partial charge on any atom is -0.468 e. The van der Waals surface area contributed by atoms with Gasteiger partial charge in [0.25, 0.3) is 0 Å². The molecule has 1 aromatic rings. The molecule has 2 rings (SSSR count). The summed E-state index contributed by atoms with van der Waals surface area (Å²) in [6.45, 7) is 6.03. The molecule has 1 heterocycles. The quantitative estimate of drug-likeness (QED) is 0.630. The summed E-state index contributed by atoms with van der Waals surface area (Å²) in [5, 5.41) is 0. The van der Waals surface area contributed by atoms with E-state index in [1.165, 1.54) is 5.57 Å². The Morgan fingerprint density at radius 1 is 1.18 bits per heavy atom. The summed E-state index contributed by atoms with van der Waals surface area (Å²) >= 11 is 0. The number of carbonyl (C=O) groups excluding carboxylic acids is 1. The van der Waals surface area contributed by atoms with E-state index in [4.69, 9.17) is 4.42 Å². The van der Waals surface area contributed by atoms with Crippen molar-refractivity contribution < 1.29 is 9.21 Å². The average Bonchev–Trinajstić information content (AvgIpc) is 2.58. The molecule has 90 valence electrons. The molecule has 0 atom stereocenters. The van der Waals surface area contributed by atoms with E-state index in [2.05, 4.69) is 13.0 Å². The molecule has 0 saturated carbocycles. The van der Waals surface area contributed by atoms with Crippen LogP contribution in [0.2, 0.25) is 0 Å². The van der Waals surface area contributed by atoms with Crippen molar-refractivity contribution in [2.45, 2.75) is 40.0 Å². The Bertz CT molecular complexity index is 501. The Morgan fingerprint density at radius 3 is 2.71 bits per heavy atom. The van der Waals surface area contributed by atoms with Gasteiger partial charge >= 0.3 is 0 Å². The summed E-state index contributed by atoms with van der Waals surface area (Å²) in [4.78, 5) is 12.2. The van der Waals surface area contributed by atoms with E-state index in [1.807, 2.05) is 13.8 Å².